The van der Waals surface area contributed by atoms with E-state index in [9.17, 15) is 0 Å². The number of hydrogen-bond donors (Lipinski definition) is 1. The molecule has 2 nitrogen and oxygen atoms in total. The first-order valence-electron chi connectivity index (χ1n) is 3.51. The van der Waals surface area contributed by atoms with E-state index in [4.69, 9.17) is 0 Å². The van der Waals surface area contributed by atoms with Crippen LogP contribution in [0, 0.1) is 0 Å². The maximum Gasteiger partial charge on any atom is 0.124 e. The molecule has 0 aromatic carbocycles. The second-order valence-electron chi connectivity index (χ2n) is 2.73. The van der Waals surface area contributed by atoms with Crippen LogP contribution in [0.3, 0.4) is 0 Å². The highest BCUT2D eigenvalue weighted by Crippen LogP contribution is 2.24. The molecule has 0 fully saturated rings. The summed E-state index contributed by atoms with van der Waals surface area (Å²) in [5, 5.41) is 3.24. The van der Waals surface area contributed by atoms with Crippen LogP contribution in [0.4, 0.5) is 0 Å². The third-order valence-electron chi connectivity index (χ3n) is 1.88. The van der Waals surface area contributed by atoms with Gasteiger partial charge in [-0.3, -0.25) is 0 Å². The van der Waals surface area contributed by atoms with Crippen LogP contribution in [0.25, 0.3) is 0 Å². The standard InChI is InChI=1S/C8H9BrN2/c1-11-5-7(9)4-6-2-3-10-8(6)11/h2-5,8,10H,1H3. The largest absolute Gasteiger partial charge is 0.368 e. The lowest BCUT2D eigenvalue weighted by Gasteiger charge is -2.27. The molecular weight excluding hydrogens is 204 g/mol. The van der Waals surface area contributed by atoms with Gasteiger partial charge in [0.15, 0.2) is 0 Å². The first-order valence-corrected chi connectivity index (χ1v) is 4.30. The predicted molar refractivity (Wildman–Crippen MR) is 48.9 cm³/mol. The minimum absolute atomic E-state index is 0.344. The van der Waals surface area contributed by atoms with Crippen molar-refractivity contribution in [2.75, 3.05) is 7.05 Å². The normalized spacial score (nSPS) is 27.5. The van der Waals surface area contributed by atoms with Crippen LogP contribution in [0.2, 0.25) is 0 Å². The summed E-state index contributed by atoms with van der Waals surface area (Å²) in [6.07, 6.45) is 8.60. The minimum Gasteiger partial charge on any atom is -0.368 e. The summed E-state index contributed by atoms with van der Waals surface area (Å²) >= 11 is 3.45. The molecule has 0 bridgehead atoms. The van der Waals surface area contributed by atoms with Gasteiger partial charge >= 0.3 is 0 Å². The van der Waals surface area contributed by atoms with E-state index in [0.717, 1.165) is 4.48 Å². The maximum absolute atomic E-state index is 3.45. The van der Waals surface area contributed by atoms with Crippen molar-refractivity contribution in [3.63, 3.8) is 0 Å². The fourth-order valence-corrected chi connectivity index (χ4v) is 1.96. The summed E-state index contributed by atoms with van der Waals surface area (Å²) in [4.78, 5) is 2.14. The van der Waals surface area contributed by atoms with Gasteiger partial charge < -0.3 is 10.2 Å². The summed E-state index contributed by atoms with van der Waals surface area (Å²) in [6, 6.07) is 0. The molecule has 0 amide bonds. The average Bonchev–Trinajstić information content (AvgIpc) is 2.34. The molecule has 58 valence electrons. The molecule has 1 unspecified atom stereocenters. The zero-order valence-corrected chi connectivity index (χ0v) is 7.80. The molecular formula is C8H9BrN2. The Bertz CT molecular complexity index is 265. The van der Waals surface area contributed by atoms with Crippen LogP contribution in [-0.2, 0) is 0 Å². The summed E-state index contributed by atoms with van der Waals surface area (Å²) in [5.41, 5.74) is 1.31. The van der Waals surface area contributed by atoms with Gasteiger partial charge in [0, 0.05) is 17.7 Å². The van der Waals surface area contributed by atoms with Gasteiger partial charge in [0.05, 0.1) is 0 Å². The van der Waals surface area contributed by atoms with Crippen molar-refractivity contribution in [1.29, 1.82) is 0 Å². The van der Waals surface area contributed by atoms with Gasteiger partial charge in [-0.1, -0.05) is 0 Å². The summed E-state index contributed by atoms with van der Waals surface area (Å²) in [5.74, 6) is 0. The van der Waals surface area contributed by atoms with E-state index in [2.05, 4.69) is 51.5 Å². The third-order valence-corrected chi connectivity index (χ3v) is 2.32. The van der Waals surface area contributed by atoms with Crippen LogP contribution >= 0.6 is 15.9 Å². The van der Waals surface area contributed by atoms with Crippen LogP contribution in [0.15, 0.2) is 34.6 Å². The number of allylic oxidation sites excluding steroid dienone is 2. The number of rotatable bonds is 0. The number of nitrogens with one attached hydrogen (secondary N) is 1. The molecule has 1 N–H and O–H groups in total. The Morgan fingerprint density at radius 3 is 3.27 bits per heavy atom. The minimum atomic E-state index is 0.344. The van der Waals surface area contributed by atoms with Crippen LogP contribution < -0.4 is 5.32 Å². The number of fused-ring (bicyclic) bond motifs is 1. The molecule has 0 saturated heterocycles. The molecule has 0 spiro atoms. The van der Waals surface area contributed by atoms with E-state index in [1.807, 2.05) is 6.20 Å². The predicted octanol–water partition coefficient (Wildman–Crippen LogP) is 1.54. The Morgan fingerprint density at radius 2 is 2.45 bits per heavy atom. The van der Waals surface area contributed by atoms with Gasteiger partial charge in [0.1, 0.15) is 6.17 Å². The van der Waals surface area contributed by atoms with Gasteiger partial charge in [0.25, 0.3) is 0 Å². The highest BCUT2D eigenvalue weighted by molar-refractivity contribution is 9.11. The van der Waals surface area contributed by atoms with E-state index in [0.29, 0.717) is 6.17 Å². The van der Waals surface area contributed by atoms with Gasteiger partial charge in [-0.2, -0.15) is 0 Å². The highest BCUT2D eigenvalue weighted by atomic mass is 79.9. The van der Waals surface area contributed by atoms with Crippen molar-refractivity contribution in [2.45, 2.75) is 6.17 Å². The Labute approximate surface area is 74.4 Å². The van der Waals surface area contributed by atoms with Crippen molar-refractivity contribution in [1.82, 2.24) is 10.2 Å². The zero-order valence-electron chi connectivity index (χ0n) is 6.21. The number of halogens is 1. The number of nitrogens with zero attached hydrogens (tertiary/aromatic N) is 1. The van der Waals surface area contributed by atoms with Crippen molar-refractivity contribution < 1.29 is 0 Å². The van der Waals surface area contributed by atoms with E-state index in [-0.39, 0.29) is 0 Å². The lowest BCUT2D eigenvalue weighted by Crippen LogP contribution is -2.37. The molecule has 2 heterocycles. The van der Waals surface area contributed by atoms with E-state index < -0.39 is 0 Å². The van der Waals surface area contributed by atoms with Crippen LogP contribution in [-0.4, -0.2) is 18.1 Å². The molecule has 3 heteroatoms. The third kappa shape index (κ3) is 1.09. The van der Waals surface area contributed by atoms with Crippen molar-refractivity contribution in [3.8, 4) is 0 Å². The highest BCUT2D eigenvalue weighted by Gasteiger charge is 2.21. The second-order valence-corrected chi connectivity index (χ2v) is 3.64. The SMILES string of the molecule is CN1C=C(Br)C=C2C=CNC21. The Balaban J connectivity index is 2.35. The first kappa shape index (κ1) is 6.98. The van der Waals surface area contributed by atoms with Gasteiger partial charge in [0.2, 0.25) is 0 Å². The van der Waals surface area contributed by atoms with E-state index >= 15 is 0 Å². The lowest BCUT2D eigenvalue weighted by atomic mass is 10.1. The quantitative estimate of drug-likeness (QED) is 0.656. The maximum atomic E-state index is 3.45. The fourth-order valence-electron chi connectivity index (χ4n) is 1.37. The number of hydrogen-bond acceptors (Lipinski definition) is 2. The van der Waals surface area contributed by atoms with E-state index in [1.165, 1.54) is 5.57 Å². The van der Waals surface area contributed by atoms with Crippen LogP contribution in [0.5, 0.6) is 0 Å². The van der Waals surface area contributed by atoms with E-state index in [1.54, 1.807) is 0 Å². The number of likely N-dealkylation sites (N-methyl/N-ethyl adjacent to an activating group) is 1. The van der Waals surface area contributed by atoms with Crippen molar-refractivity contribution in [2.24, 2.45) is 0 Å². The topological polar surface area (TPSA) is 15.3 Å². The Hall–Kier alpha value is -0.700. The molecule has 0 saturated carbocycles. The Kier molecular flexibility index (Phi) is 1.53. The van der Waals surface area contributed by atoms with Gasteiger partial charge in [-0.05, 0) is 39.9 Å². The average molecular weight is 213 g/mol. The van der Waals surface area contributed by atoms with Crippen molar-refractivity contribution >= 4 is 15.9 Å². The molecule has 0 aliphatic carbocycles. The molecule has 11 heavy (non-hydrogen) atoms. The second kappa shape index (κ2) is 2.41. The smallest absolute Gasteiger partial charge is 0.124 e. The Morgan fingerprint density at radius 1 is 1.64 bits per heavy atom. The molecule has 2 rings (SSSR count). The van der Waals surface area contributed by atoms with Crippen molar-refractivity contribution in [3.05, 3.63) is 34.6 Å². The molecule has 2 aliphatic rings. The summed E-state index contributed by atoms with van der Waals surface area (Å²) in [6.45, 7) is 0. The molecule has 0 aromatic rings. The monoisotopic (exact) mass is 212 g/mol. The summed E-state index contributed by atoms with van der Waals surface area (Å²) < 4.78 is 1.12. The van der Waals surface area contributed by atoms with Crippen LogP contribution in [0.1, 0.15) is 0 Å². The van der Waals surface area contributed by atoms with Gasteiger partial charge in [-0.25, -0.2) is 0 Å². The fraction of sp³-hybridized carbons (Fsp3) is 0.250. The summed E-state index contributed by atoms with van der Waals surface area (Å²) in [7, 11) is 2.05. The van der Waals surface area contributed by atoms with Gasteiger partial charge in [-0.15, -0.1) is 0 Å². The molecule has 0 radical (unpaired) electrons. The lowest BCUT2D eigenvalue weighted by molar-refractivity contribution is 0.349. The molecule has 1 atom stereocenters. The molecule has 0 aromatic heterocycles. The molecule has 2 aliphatic heterocycles. The first-order chi connectivity index (χ1) is 5.27. The zero-order chi connectivity index (χ0) is 7.84.